The lowest BCUT2D eigenvalue weighted by Crippen LogP contribution is -2.10. The maximum Gasteiger partial charge on any atom is 0.143 e. The normalized spacial score (nSPS) is 10.3. The Balaban J connectivity index is 2.02. The van der Waals surface area contributed by atoms with Crippen molar-refractivity contribution in [1.82, 2.24) is 4.98 Å². The molecule has 5 heteroatoms. The van der Waals surface area contributed by atoms with Crippen molar-refractivity contribution in [3.8, 4) is 0 Å². The molecule has 0 aliphatic carbocycles. The first kappa shape index (κ1) is 12.9. The third kappa shape index (κ3) is 3.22. The van der Waals surface area contributed by atoms with Gasteiger partial charge in [-0.05, 0) is 23.8 Å². The first-order valence-electron chi connectivity index (χ1n) is 5.56. The monoisotopic (exact) mass is 261 g/mol. The number of nitrogens with one attached hydrogen (secondary N) is 1. The third-order valence-corrected chi connectivity index (χ3v) is 3.59. The second-order valence-electron chi connectivity index (χ2n) is 3.75. The lowest BCUT2D eigenvalue weighted by molar-refractivity contribution is 0.282. The summed E-state index contributed by atoms with van der Waals surface area (Å²) in [5, 5.41) is 8.97. The molecule has 2 aromatic rings. The minimum atomic E-state index is 0.0782. The number of anilines is 1. The van der Waals surface area contributed by atoms with Crippen molar-refractivity contribution in [3.05, 3.63) is 53.7 Å². The maximum absolute atomic E-state index is 8.97. The molecule has 1 heterocycles. The number of thioether (sulfide) groups is 1. The zero-order chi connectivity index (χ0) is 12.8. The molecule has 0 aliphatic rings. The van der Waals surface area contributed by atoms with E-state index < -0.39 is 0 Å². The van der Waals surface area contributed by atoms with Crippen LogP contribution < -0.4 is 11.3 Å². The number of aromatic nitrogens is 1. The summed E-state index contributed by atoms with van der Waals surface area (Å²) in [6.45, 7) is 0.0782. The van der Waals surface area contributed by atoms with Crippen LogP contribution in [0.1, 0.15) is 11.1 Å². The van der Waals surface area contributed by atoms with Gasteiger partial charge in [0.1, 0.15) is 5.82 Å². The van der Waals surface area contributed by atoms with Crippen LogP contribution in [0.25, 0.3) is 0 Å². The fourth-order valence-corrected chi connectivity index (χ4v) is 2.42. The van der Waals surface area contributed by atoms with Crippen molar-refractivity contribution in [2.45, 2.75) is 17.3 Å². The Morgan fingerprint density at radius 3 is 2.67 bits per heavy atom. The van der Waals surface area contributed by atoms with Crippen molar-refractivity contribution < 1.29 is 5.11 Å². The van der Waals surface area contributed by atoms with Gasteiger partial charge < -0.3 is 10.5 Å². The van der Waals surface area contributed by atoms with Crippen LogP contribution >= 0.6 is 11.8 Å². The summed E-state index contributed by atoms with van der Waals surface area (Å²) in [4.78, 5) is 5.31. The van der Waals surface area contributed by atoms with Gasteiger partial charge in [-0.15, -0.1) is 11.8 Å². The number of pyridine rings is 1. The number of aliphatic hydroxyl groups excluding tert-OH is 1. The number of benzene rings is 1. The average molecular weight is 261 g/mol. The van der Waals surface area contributed by atoms with Crippen LogP contribution in [0.5, 0.6) is 0 Å². The van der Waals surface area contributed by atoms with Crippen molar-refractivity contribution in [2.24, 2.45) is 5.84 Å². The Bertz CT molecular complexity index is 502. The molecule has 0 aliphatic heterocycles. The molecule has 94 valence electrons. The van der Waals surface area contributed by atoms with Gasteiger partial charge in [0.25, 0.3) is 0 Å². The molecule has 0 bridgehead atoms. The number of aliphatic hydroxyl groups is 1. The molecule has 0 amide bonds. The Morgan fingerprint density at radius 2 is 2.00 bits per heavy atom. The van der Waals surface area contributed by atoms with E-state index in [2.05, 4.69) is 10.4 Å². The largest absolute Gasteiger partial charge is 0.392 e. The molecule has 1 aromatic carbocycles. The van der Waals surface area contributed by atoms with Crippen LogP contribution in [-0.2, 0) is 12.4 Å². The highest BCUT2D eigenvalue weighted by Crippen LogP contribution is 2.25. The Morgan fingerprint density at radius 1 is 1.22 bits per heavy atom. The van der Waals surface area contributed by atoms with Crippen LogP contribution in [-0.4, -0.2) is 10.1 Å². The van der Waals surface area contributed by atoms with Crippen LogP contribution in [0.4, 0.5) is 5.82 Å². The SMILES string of the molecule is NNc1ncccc1CSc1ccc(CO)cc1. The van der Waals surface area contributed by atoms with E-state index in [1.54, 1.807) is 18.0 Å². The molecule has 1 aromatic heterocycles. The predicted octanol–water partition coefficient (Wildman–Crippen LogP) is 2.15. The summed E-state index contributed by atoms with van der Waals surface area (Å²) in [6, 6.07) is 11.7. The highest BCUT2D eigenvalue weighted by Gasteiger charge is 2.02. The standard InChI is InChI=1S/C13H15N3OS/c14-16-13-11(2-1-7-15-13)9-18-12-5-3-10(8-17)4-6-12/h1-7,17H,8-9,14H2,(H,15,16). The summed E-state index contributed by atoms with van der Waals surface area (Å²) in [5.41, 5.74) is 4.58. The van der Waals surface area contributed by atoms with E-state index in [1.807, 2.05) is 36.4 Å². The Hall–Kier alpha value is -1.56. The number of nitrogen functional groups attached to an aromatic ring is 1. The Kier molecular flexibility index (Phi) is 4.58. The van der Waals surface area contributed by atoms with Crippen LogP contribution in [0.15, 0.2) is 47.5 Å². The molecule has 2 rings (SSSR count). The van der Waals surface area contributed by atoms with Crippen LogP contribution in [0, 0.1) is 0 Å². The van der Waals surface area contributed by atoms with Gasteiger partial charge in [0.2, 0.25) is 0 Å². The summed E-state index contributed by atoms with van der Waals surface area (Å²) >= 11 is 1.71. The van der Waals surface area contributed by atoms with E-state index in [1.165, 1.54) is 0 Å². The van der Waals surface area contributed by atoms with Gasteiger partial charge in [-0.1, -0.05) is 18.2 Å². The van der Waals surface area contributed by atoms with Crippen molar-refractivity contribution in [1.29, 1.82) is 0 Å². The molecule has 0 spiro atoms. The van der Waals surface area contributed by atoms with Crippen molar-refractivity contribution in [3.63, 3.8) is 0 Å². The van der Waals surface area contributed by atoms with Crippen LogP contribution in [0.2, 0.25) is 0 Å². The molecule has 18 heavy (non-hydrogen) atoms. The molecular weight excluding hydrogens is 246 g/mol. The minimum Gasteiger partial charge on any atom is -0.392 e. The lowest BCUT2D eigenvalue weighted by Gasteiger charge is -2.07. The van der Waals surface area contributed by atoms with Gasteiger partial charge in [-0.3, -0.25) is 0 Å². The highest BCUT2D eigenvalue weighted by molar-refractivity contribution is 7.98. The first-order valence-corrected chi connectivity index (χ1v) is 6.55. The van der Waals surface area contributed by atoms with Gasteiger partial charge >= 0.3 is 0 Å². The Labute approximate surface area is 110 Å². The quantitative estimate of drug-likeness (QED) is 0.437. The number of hydrogen-bond donors (Lipinski definition) is 3. The van der Waals surface area contributed by atoms with Gasteiger partial charge in [-0.2, -0.15) is 0 Å². The van der Waals surface area contributed by atoms with E-state index in [-0.39, 0.29) is 6.61 Å². The summed E-state index contributed by atoms with van der Waals surface area (Å²) < 4.78 is 0. The van der Waals surface area contributed by atoms with E-state index in [0.29, 0.717) is 5.82 Å². The second-order valence-corrected chi connectivity index (χ2v) is 4.79. The van der Waals surface area contributed by atoms with E-state index in [4.69, 9.17) is 10.9 Å². The zero-order valence-corrected chi connectivity index (χ0v) is 10.7. The lowest BCUT2D eigenvalue weighted by atomic mass is 10.2. The summed E-state index contributed by atoms with van der Waals surface area (Å²) in [7, 11) is 0. The molecule has 0 unspecified atom stereocenters. The number of hydrogen-bond acceptors (Lipinski definition) is 5. The highest BCUT2D eigenvalue weighted by atomic mass is 32.2. The smallest absolute Gasteiger partial charge is 0.143 e. The molecule has 0 saturated heterocycles. The van der Waals surface area contributed by atoms with Gasteiger partial charge in [0.15, 0.2) is 0 Å². The third-order valence-electron chi connectivity index (χ3n) is 2.53. The number of nitrogens with two attached hydrogens (primary N) is 1. The summed E-state index contributed by atoms with van der Waals surface area (Å²) in [5.74, 6) is 6.91. The predicted molar refractivity (Wildman–Crippen MR) is 74.0 cm³/mol. The fraction of sp³-hybridized carbons (Fsp3) is 0.154. The summed E-state index contributed by atoms with van der Waals surface area (Å²) in [6.07, 6.45) is 1.71. The van der Waals surface area contributed by atoms with E-state index >= 15 is 0 Å². The molecule has 4 N–H and O–H groups in total. The maximum atomic E-state index is 8.97. The van der Waals surface area contributed by atoms with E-state index in [9.17, 15) is 0 Å². The number of rotatable bonds is 5. The van der Waals surface area contributed by atoms with Crippen LogP contribution in [0.3, 0.4) is 0 Å². The van der Waals surface area contributed by atoms with Crippen molar-refractivity contribution in [2.75, 3.05) is 5.43 Å². The van der Waals surface area contributed by atoms with Gasteiger partial charge in [-0.25, -0.2) is 10.8 Å². The van der Waals surface area contributed by atoms with E-state index in [0.717, 1.165) is 21.8 Å². The molecule has 0 fully saturated rings. The van der Waals surface area contributed by atoms with Gasteiger partial charge in [0.05, 0.1) is 6.61 Å². The zero-order valence-electron chi connectivity index (χ0n) is 9.84. The topological polar surface area (TPSA) is 71.2 Å². The first-order chi connectivity index (χ1) is 8.83. The molecule has 0 saturated carbocycles. The van der Waals surface area contributed by atoms with Gasteiger partial charge in [0, 0.05) is 22.4 Å². The number of hydrazine groups is 1. The fourth-order valence-electron chi connectivity index (χ4n) is 1.54. The minimum absolute atomic E-state index is 0.0782. The van der Waals surface area contributed by atoms with Crippen molar-refractivity contribution >= 4 is 17.6 Å². The second kappa shape index (κ2) is 6.39. The molecular formula is C13H15N3OS. The average Bonchev–Trinajstić information content (AvgIpc) is 2.46. The number of nitrogens with zero attached hydrogens (tertiary/aromatic N) is 1. The molecule has 4 nitrogen and oxygen atoms in total. The molecule has 0 atom stereocenters. The molecule has 0 radical (unpaired) electrons.